The smallest absolute Gasteiger partial charge is 0.326 e. The van der Waals surface area contributed by atoms with E-state index in [-0.39, 0.29) is 0 Å². The van der Waals surface area contributed by atoms with Gasteiger partial charge >= 0.3 is 11.9 Å². The van der Waals surface area contributed by atoms with Crippen molar-refractivity contribution in [2.24, 2.45) is 5.41 Å². The fourth-order valence-electron chi connectivity index (χ4n) is 2.24. The Hall–Kier alpha value is -1.06. The lowest BCUT2D eigenvalue weighted by Crippen LogP contribution is -2.53. The highest BCUT2D eigenvalue weighted by Crippen LogP contribution is 2.40. The molecule has 4 heteroatoms. The van der Waals surface area contributed by atoms with E-state index in [0.717, 1.165) is 25.7 Å². The summed E-state index contributed by atoms with van der Waals surface area (Å²) in [4.78, 5) is 24.5. The third-order valence-corrected chi connectivity index (χ3v) is 3.37. The Labute approximate surface area is 109 Å². The zero-order valence-electron chi connectivity index (χ0n) is 11.9. The summed E-state index contributed by atoms with van der Waals surface area (Å²) >= 11 is 0. The minimum atomic E-state index is -1.13. The second kappa shape index (κ2) is 5.72. The first-order valence-electron chi connectivity index (χ1n) is 6.85. The first-order chi connectivity index (χ1) is 8.38. The van der Waals surface area contributed by atoms with E-state index in [1.165, 1.54) is 0 Å². The molecule has 1 rings (SSSR count). The van der Waals surface area contributed by atoms with Crippen molar-refractivity contribution in [2.75, 3.05) is 0 Å². The molecule has 1 heterocycles. The summed E-state index contributed by atoms with van der Waals surface area (Å²) in [6, 6.07) is 0. The number of esters is 2. The van der Waals surface area contributed by atoms with Gasteiger partial charge in [0.15, 0.2) is 5.41 Å². The van der Waals surface area contributed by atoms with Crippen LogP contribution in [0.1, 0.15) is 66.2 Å². The molecule has 0 aromatic rings. The van der Waals surface area contributed by atoms with Crippen molar-refractivity contribution in [2.45, 2.75) is 72.0 Å². The van der Waals surface area contributed by atoms with Crippen LogP contribution in [0.2, 0.25) is 0 Å². The molecule has 0 spiro atoms. The molecule has 4 nitrogen and oxygen atoms in total. The lowest BCUT2D eigenvalue weighted by molar-refractivity contribution is -0.252. The van der Waals surface area contributed by atoms with Crippen LogP contribution in [0, 0.1) is 5.41 Å². The molecule has 1 aliphatic rings. The van der Waals surface area contributed by atoms with E-state index in [9.17, 15) is 9.59 Å². The Bertz CT molecular complexity index is 290. The van der Waals surface area contributed by atoms with Crippen molar-refractivity contribution in [1.29, 1.82) is 0 Å². The Kier molecular flexibility index (Phi) is 4.77. The molecule has 0 aromatic heterocycles. The number of ether oxygens (including phenoxy) is 2. The Morgan fingerprint density at radius 1 is 0.889 bits per heavy atom. The lowest BCUT2D eigenvalue weighted by atomic mass is 9.77. The van der Waals surface area contributed by atoms with Crippen LogP contribution >= 0.6 is 0 Å². The molecule has 0 bridgehead atoms. The minimum absolute atomic E-state index is 0.411. The standard InChI is InChI=1S/C14H24O4/c1-5-7-9-14(10-8-6-2)11(15)17-13(3,4)18-12(14)16/h5-10H2,1-4H3. The van der Waals surface area contributed by atoms with Crippen LogP contribution in [0.5, 0.6) is 0 Å². The third-order valence-electron chi connectivity index (χ3n) is 3.37. The highest BCUT2D eigenvalue weighted by Gasteiger charge is 2.54. The number of hydrogen-bond donors (Lipinski definition) is 0. The number of rotatable bonds is 6. The van der Waals surface area contributed by atoms with Gasteiger partial charge in [0, 0.05) is 13.8 Å². The zero-order valence-corrected chi connectivity index (χ0v) is 11.9. The topological polar surface area (TPSA) is 52.6 Å². The van der Waals surface area contributed by atoms with Crippen molar-refractivity contribution in [3.05, 3.63) is 0 Å². The van der Waals surface area contributed by atoms with Crippen molar-refractivity contribution < 1.29 is 19.1 Å². The predicted molar refractivity (Wildman–Crippen MR) is 67.7 cm³/mol. The highest BCUT2D eigenvalue weighted by molar-refractivity contribution is 6.01. The van der Waals surface area contributed by atoms with Crippen molar-refractivity contribution in [3.8, 4) is 0 Å². The summed E-state index contributed by atoms with van der Waals surface area (Å²) in [7, 11) is 0. The molecule has 0 saturated carbocycles. The fourth-order valence-corrected chi connectivity index (χ4v) is 2.24. The van der Waals surface area contributed by atoms with Gasteiger partial charge in [-0.3, -0.25) is 9.59 Å². The summed E-state index contributed by atoms with van der Waals surface area (Å²) in [5.41, 5.74) is -1.07. The maximum atomic E-state index is 12.2. The summed E-state index contributed by atoms with van der Waals surface area (Å²) < 4.78 is 10.5. The monoisotopic (exact) mass is 256 g/mol. The number of carbonyl (C=O) groups excluding carboxylic acids is 2. The first kappa shape index (κ1) is 15.0. The van der Waals surface area contributed by atoms with Crippen molar-refractivity contribution in [1.82, 2.24) is 0 Å². The largest absolute Gasteiger partial charge is 0.422 e. The maximum absolute atomic E-state index is 12.2. The van der Waals surface area contributed by atoms with E-state index in [2.05, 4.69) is 0 Å². The summed E-state index contributed by atoms with van der Waals surface area (Å²) in [6.07, 6.45) is 4.59. The van der Waals surface area contributed by atoms with Gasteiger partial charge in [-0.1, -0.05) is 39.5 Å². The molecule has 1 saturated heterocycles. The molecule has 0 unspecified atom stereocenters. The fraction of sp³-hybridized carbons (Fsp3) is 0.857. The Morgan fingerprint density at radius 3 is 1.61 bits per heavy atom. The average molecular weight is 256 g/mol. The maximum Gasteiger partial charge on any atom is 0.326 e. The van der Waals surface area contributed by atoms with Crippen LogP contribution in [-0.2, 0) is 19.1 Å². The van der Waals surface area contributed by atoms with Gasteiger partial charge in [0.2, 0.25) is 0 Å². The normalized spacial score (nSPS) is 21.3. The minimum Gasteiger partial charge on any atom is -0.422 e. The number of unbranched alkanes of at least 4 members (excludes halogenated alkanes) is 2. The van der Waals surface area contributed by atoms with Crippen LogP contribution in [0.15, 0.2) is 0 Å². The van der Waals surface area contributed by atoms with E-state index in [4.69, 9.17) is 9.47 Å². The SMILES string of the molecule is CCCCC1(CCCC)C(=O)OC(C)(C)OC1=O. The van der Waals surface area contributed by atoms with Gasteiger partial charge in [0.05, 0.1) is 0 Å². The van der Waals surface area contributed by atoms with Gasteiger partial charge in [-0.15, -0.1) is 0 Å². The number of carbonyl (C=O) groups is 2. The van der Waals surface area contributed by atoms with Gasteiger partial charge < -0.3 is 9.47 Å². The highest BCUT2D eigenvalue weighted by atomic mass is 16.7. The van der Waals surface area contributed by atoms with Crippen LogP contribution in [0.4, 0.5) is 0 Å². The van der Waals surface area contributed by atoms with Gasteiger partial charge in [0.25, 0.3) is 5.79 Å². The first-order valence-corrected chi connectivity index (χ1v) is 6.85. The molecule has 1 fully saturated rings. The molecule has 1 aliphatic heterocycles. The molecule has 0 atom stereocenters. The zero-order chi connectivity index (χ0) is 13.8. The quantitative estimate of drug-likeness (QED) is 0.541. The summed E-state index contributed by atoms with van der Waals surface area (Å²) in [6.45, 7) is 7.26. The second-order valence-electron chi connectivity index (χ2n) is 5.47. The van der Waals surface area contributed by atoms with E-state index in [0.29, 0.717) is 12.8 Å². The molecule has 104 valence electrons. The van der Waals surface area contributed by atoms with E-state index < -0.39 is 23.1 Å². The number of hydrogen-bond acceptors (Lipinski definition) is 4. The van der Waals surface area contributed by atoms with Gasteiger partial charge in [0.1, 0.15) is 0 Å². The average Bonchev–Trinajstić information content (AvgIpc) is 2.26. The van der Waals surface area contributed by atoms with E-state index >= 15 is 0 Å². The third kappa shape index (κ3) is 3.03. The molecule has 0 aromatic carbocycles. The van der Waals surface area contributed by atoms with Gasteiger partial charge in [-0.2, -0.15) is 0 Å². The number of cyclic esters (lactones) is 2. The predicted octanol–water partition coefficient (Wildman–Crippen LogP) is 3.19. The second-order valence-corrected chi connectivity index (χ2v) is 5.47. The van der Waals surface area contributed by atoms with E-state index in [1.807, 2.05) is 13.8 Å². The van der Waals surface area contributed by atoms with Crippen molar-refractivity contribution >= 4 is 11.9 Å². The van der Waals surface area contributed by atoms with Crippen LogP contribution in [0.25, 0.3) is 0 Å². The van der Waals surface area contributed by atoms with Crippen molar-refractivity contribution in [3.63, 3.8) is 0 Å². The molecule has 18 heavy (non-hydrogen) atoms. The Balaban J connectivity index is 2.93. The molecule has 0 radical (unpaired) electrons. The molecular weight excluding hydrogens is 232 g/mol. The summed E-state index contributed by atoms with van der Waals surface area (Å²) in [5, 5.41) is 0. The van der Waals surface area contributed by atoms with Crippen LogP contribution in [0.3, 0.4) is 0 Å². The van der Waals surface area contributed by atoms with Crippen LogP contribution in [-0.4, -0.2) is 17.7 Å². The Morgan fingerprint density at radius 2 is 1.28 bits per heavy atom. The molecular formula is C14H24O4. The molecule has 0 aliphatic carbocycles. The van der Waals surface area contributed by atoms with E-state index in [1.54, 1.807) is 13.8 Å². The lowest BCUT2D eigenvalue weighted by Gasteiger charge is -2.40. The van der Waals surface area contributed by atoms with Gasteiger partial charge in [-0.25, -0.2) is 0 Å². The van der Waals surface area contributed by atoms with Gasteiger partial charge in [-0.05, 0) is 12.8 Å². The van der Waals surface area contributed by atoms with Crippen LogP contribution < -0.4 is 0 Å². The molecule has 0 amide bonds. The summed E-state index contributed by atoms with van der Waals surface area (Å²) in [5.74, 6) is -1.95. The molecule has 0 N–H and O–H groups in total.